The van der Waals surface area contributed by atoms with Crippen LogP contribution in [0.3, 0.4) is 0 Å². The van der Waals surface area contributed by atoms with E-state index in [-0.39, 0.29) is 5.96 Å². The number of alkyl carbamates (subject to hydrolysis) is 1. The number of anilines is 1. The van der Waals surface area contributed by atoms with Gasteiger partial charge in [-0.1, -0.05) is 12.1 Å². The van der Waals surface area contributed by atoms with Crippen LogP contribution in [-0.4, -0.2) is 43.2 Å². The molecular formula is C18H30N4O2. The summed E-state index contributed by atoms with van der Waals surface area (Å²) in [6, 6.07) is 6.02. The monoisotopic (exact) mass is 334 g/mol. The Hall–Kier alpha value is -2.08. The fraction of sp³-hybridized carbons (Fsp3) is 0.556. The van der Waals surface area contributed by atoms with Crippen LogP contribution in [0.5, 0.6) is 0 Å². The molecule has 1 aromatic carbocycles. The standard InChI is InChI=1S/C18H30N4O2/c1-8-22(16(19)20-17(23)24-18(3,4)5)15-11-9-10-14(13(15)2)12-21(6)7/h9-11H,8,12H2,1-7H3,(H2,19,20,23). The van der Waals surface area contributed by atoms with E-state index in [4.69, 9.17) is 10.1 Å². The van der Waals surface area contributed by atoms with Crippen molar-refractivity contribution < 1.29 is 9.53 Å². The van der Waals surface area contributed by atoms with E-state index in [2.05, 4.69) is 16.3 Å². The summed E-state index contributed by atoms with van der Waals surface area (Å²) in [4.78, 5) is 15.8. The largest absolute Gasteiger partial charge is 0.444 e. The Balaban J connectivity index is 2.97. The maximum Gasteiger partial charge on any atom is 0.414 e. The molecule has 1 amide bonds. The first-order valence-corrected chi connectivity index (χ1v) is 8.14. The molecule has 24 heavy (non-hydrogen) atoms. The Morgan fingerprint density at radius 1 is 1.29 bits per heavy atom. The molecule has 0 fully saturated rings. The van der Waals surface area contributed by atoms with Crippen molar-refractivity contribution in [3.05, 3.63) is 29.3 Å². The van der Waals surface area contributed by atoms with Gasteiger partial charge in [0.15, 0.2) is 0 Å². The second-order valence-electron chi connectivity index (χ2n) is 7.02. The van der Waals surface area contributed by atoms with Crippen LogP contribution in [0, 0.1) is 12.3 Å². The van der Waals surface area contributed by atoms with E-state index >= 15 is 0 Å². The number of rotatable bonds is 4. The highest BCUT2D eigenvalue weighted by Crippen LogP contribution is 2.24. The number of nitrogens with one attached hydrogen (secondary N) is 2. The second-order valence-corrected chi connectivity index (χ2v) is 7.02. The van der Waals surface area contributed by atoms with Gasteiger partial charge < -0.3 is 14.5 Å². The van der Waals surface area contributed by atoms with Crippen LogP contribution < -0.4 is 10.2 Å². The molecule has 0 heterocycles. The number of nitrogens with zero attached hydrogens (tertiary/aromatic N) is 2. The number of benzene rings is 1. The molecule has 134 valence electrons. The van der Waals surface area contributed by atoms with Crippen LogP contribution in [0.25, 0.3) is 0 Å². The summed E-state index contributed by atoms with van der Waals surface area (Å²) in [6.07, 6.45) is -0.618. The van der Waals surface area contributed by atoms with Crippen LogP contribution in [0.15, 0.2) is 18.2 Å². The van der Waals surface area contributed by atoms with E-state index in [0.717, 1.165) is 17.8 Å². The van der Waals surface area contributed by atoms with Gasteiger partial charge in [-0.2, -0.15) is 0 Å². The molecule has 6 heteroatoms. The van der Waals surface area contributed by atoms with E-state index in [1.54, 1.807) is 25.7 Å². The lowest BCUT2D eigenvalue weighted by atomic mass is 10.1. The normalized spacial score (nSPS) is 11.3. The number of carbonyl (C=O) groups is 1. The summed E-state index contributed by atoms with van der Waals surface area (Å²) >= 11 is 0. The van der Waals surface area contributed by atoms with Crippen molar-refractivity contribution in [1.82, 2.24) is 10.2 Å². The molecule has 0 atom stereocenters. The van der Waals surface area contributed by atoms with E-state index in [0.29, 0.717) is 6.54 Å². The number of amides is 1. The molecular weight excluding hydrogens is 304 g/mol. The van der Waals surface area contributed by atoms with Gasteiger partial charge in [-0.25, -0.2) is 4.79 Å². The molecule has 0 saturated heterocycles. The van der Waals surface area contributed by atoms with Crippen molar-refractivity contribution in [1.29, 1.82) is 5.41 Å². The predicted molar refractivity (Wildman–Crippen MR) is 98.7 cm³/mol. The minimum atomic E-state index is -0.618. The van der Waals surface area contributed by atoms with Gasteiger partial charge in [0.05, 0.1) is 0 Å². The number of ether oxygens (including phenoxy) is 1. The van der Waals surface area contributed by atoms with E-state index in [1.807, 2.05) is 40.1 Å². The number of hydrogen-bond acceptors (Lipinski definition) is 4. The molecule has 0 aliphatic rings. The Labute approximate surface area is 145 Å². The molecule has 0 aliphatic heterocycles. The summed E-state index contributed by atoms with van der Waals surface area (Å²) in [7, 11) is 4.05. The molecule has 0 aliphatic carbocycles. The molecule has 0 saturated carbocycles. The lowest BCUT2D eigenvalue weighted by Crippen LogP contribution is -2.45. The number of hydrogen-bond donors (Lipinski definition) is 2. The van der Waals surface area contributed by atoms with Gasteiger partial charge in [0.25, 0.3) is 0 Å². The zero-order valence-electron chi connectivity index (χ0n) is 15.9. The highest BCUT2D eigenvalue weighted by Gasteiger charge is 2.20. The zero-order chi connectivity index (χ0) is 18.5. The molecule has 1 aromatic rings. The Bertz CT molecular complexity index is 591. The zero-order valence-corrected chi connectivity index (χ0v) is 15.9. The van der Waals surface area contributed by atoms with Crippen molar-refractivity contribution in [2.24, 2.45) is 0 Å². The first-order valence-electron chi connectivity index (χ1n) is 8.14. The van der Waals surface area contributed by atoms with Gasteiger partial charge in [-0.3, -0.25) is 10.7 Å². The first kappa shape index (κ1) is 20.0. The van der Waals surface area contributed by atoms with Gasteiger partial charge in [-0.05, 0) is 65.9 Å². The van der Waals surface area contributed by atoms with Gasteiger partial charge >= 0.3 is 6.09 Å². The second kappa shape index (κ2) is 8.15. The van der Waals surface area contributed by atoms with E-state index in [9.17, 15) is 4.79 Å². The highest BCUT2D eigenvalue weighted by molar-refractivity contribution is 6.02. The van der Waals surface area contributed by atoms with Crippen molar-refractivity contribution >= 4 is 17.7 Å². The lowest BCUT2D eigenvalue weighted by Gasteiger charge is -2.28. The van der Waals surface area contributed by atoms with Crippen LogP contribution in [-0.2, 0) is 11.3 Å². The van der Waals surface area contributed by atoms with Crippen molar-refractivity contribution in [2.75, 3.05) is 25.5 Å². The Kier molecular flexibility index (Phi) is 6.78. The fourth-order valence-corrected chi connectivity index (χ4v) is 2.39. The molecule has 0 spiro atoms. The maximum atomic E-state index is 11.9. The summed E-state index contributed by atoms with van der Waals surface area (Å²) in [5, 5.41) is 10.7. The van der Waals surface area contributed by atoms with Crippen molar-refractivity contribution in [2.45, 2.75) is 46.8 Å². The predicted octanol–water partition coefficient (Wildman–Crippen LogP) is 3.34. The van der Waals surface area contributed by atoms with Crippen LogP contribution in [0.1, 0.15) is 38.8 Å². The summed E-state index contributed by atoms with van der Waals surface area (Å²) in [5.41, 5.74) is 2.62. The third kappa shape index (κ3) is 5.85. The minimum absolute atomic E-state index is 0.0110. The third-order valence-electron chi connectivity index (χ3n) is 3.40. The molecule has 1 rings (SSSR count). The summed E-state index contributed by atoms with van der Waals surface area (Å²) in [5.74, 6) is 0.0110. The number of carbonyl (C=O) groups excluding carboxylic acids is 1. The van der Waals surface area contributed by atoms with Gasteiger partial charge in [0.1, 0.15) is 5.60 Å². The van der Waals surface area contributed by atoms with Crippen molar-refractivity contribution in [3.63, 3.8) is 0 Å². The average Bonchev–Trinajstić information content (AvgIpc) is 2.40. The third-order valence-corrected chi connectivity index (χ3v) is 3.40. The molecule has 0 radical (unpaired) electrons. The molecule has 0 aromatic heterocycles. The molecule has 0 unspecified atom stereocenters. The van der Waals surface area contributed by atoms with Crippen LogP contribution in [0.4, 0.5) is 10.5 Å². The van der Waals surface area contributed by atoms with E-state index < -0.39 is 11.7 Å². The fourth-order valence-electron chi connectivity index (χ4n) is 2.39. The van der Waals surface area contributed by atoms with Gasteiger partial charge in [0, 0.05) is 18.8 Å². The topological polar surface area (TPSA) is 68.7 Å². The lowest BCUT2D eigenvalue weighted by molar-refractivity contribution is 0.0562. The highest BCUT2D eigenvalue weighted by atomic mass is 16.6. The Morgan fingerprint density at radius 3 is 2.42 bits per heavy atom. The SMILES string of the molecule is CCN(C(=N)NC(=O)OC(C)(C)C)c1cccc(CN(C)C)c1C. The van der Waals surface area contributed by atoms with Gasteiger partial charge in [0.2, 0.25) is 5.96 Å². The molecule has 2 N–H and O–H groups in total. The number of guanidine groups is 1. The van der Waals surface area contributed by atoms with Crippen LogP contribution >= 0.6 is 0 Å². The Morgan fingerprint density at radius 2 is 1.92 bits per heavy atom. The summed E-state index contributed by atoms with van der Waals surface area (Å²) < 4.78 is 5.22. The van der Waals surface area contributed by atoms with Gasteiger partial charge in [-0.15, -0.1) is 0 Å². The smallest absolute Gasteiger partial charge is 0.414 e. The van der Waals surface area contributed by atoms with Crippen molar-refractivity contribution in [3.8, 4) is 0 Å². The average molecular weight is 334 g/mol. The molecule has 0 bridgehead atoms. The maximum absolute atomic E-state index is 11.9. The quantitative estimate of drug-likeness (QED) is 0.654. The van der Waals surface area contributed by atoms with E-state index in [1.165, 1.54) is 5.56 Å². The molecule has 6 nitrogen and oxygen atoms in total. The van der Waals surface area contributed by atoms with Crippen LogP contribution in [0.2, 0.25) is 0 Å². The first-order chi connectivity index (χ1) is 11.0. The summed E-state index contributed by atoms with van der Waals surface area (Å²) in [6.45, 7) is 10.8. The minimum Gasteiger partial charge on any atom is -0.444 e.